The lowest BCUT2D eigenvalue weighted by Crippen LogP contribution is -2.46. The van der Waals surface area contributed by atoms with Crippen molar-refractivity contribution in [3.63, 3.8) is 0 Å². The van der Waals surface area contributed by atoms with Gasteiger partial charge in [0.2, 0.25) is 0 Å². The summed E-state index contributed by atoms with van der Waals surface area (Å²) in [6.45, 7) is 6.40. The van der Waals surface area contributed by atoms with E-state index in [2.05, 4.69) is 46.5 Å². The minimum absolute atomic E-state index is 0.0615. The van der Waals surface area contributed by atoms with Crippen LogP contribution >= 0.6 is 11.3 Å². The van der Waals surface area contributed by atoms with Gasteiger partial charge in [-0.25, -0.2) is 4.98 Å². The van der Waals surface area contributed by atoms with Gasteiger partial charge in [-0.05, 0) is 38.4 Å². The lowest BCUT2D eigenvalue weighted by atomic mass is 9.94. The molecule has 0 bridgehead atoms. The normalized spacial score (nSPS) is 17.2. The lowest BCUT2D eigenvalue weighted by molar-refractivity contribution is 0.0737. The Kier molecular flexibility index (Phi) is 5.39. The first-order chi connectivity index (χ1) is 12.0. The van der Waals surface area contributed by atoms with E-state index in [0.717, 1.165) is 41.8 Å². The van der Waals surface area contributed by atoms with Crippen molar-refractivity contribution in [2.45, 2.75) is 32.9 Å². The Morgan fingerprint density at radius 1 is 1.40 bits per heavy atom. The van der Waals surface area contributed by atoms with E-state index in [9.17, 15) is 4.79 Å². The molecule has 3 rings (SSSR count). The lowest BCUT2D eigenvalue weighted by Gasteiger charge is -2.36. The largest absolute Gasteiger partial charge is 0.362 e. The number of carbonyl (C=O) groups is 1. The SMILES string of the molecule is CCNc1nc(C)c(C(=O)N(C)C[C@@H]2Cc3ccccc3CN2C)s1. The number of fused-ring (bicyclic) bond motifs is 1. The van der Waals surface area contributed by atoms with E-state index >= 15 is 0 Å². The molecule has 5 nitrogen and oxygen atoms in total. The van der Waals surface area contributed by atoms with Crippen LogP contribution in [0.25, 0.3) is 0 Å². The first-order valence-corrected chi connectivity index (χ1v) is 9.55. The molecular weight excluding hydrogens is 332 g/mol. The van der Waals surface area contributed by atoms with Crippen molar-refractivity contribution in [2.24, 2.45) is 0 Å². The number of amides is 1. The second-order valence-corrected chi connectivity index (χ2v) is 7.69. The molecule has 6 heteroatoms. The number of likely N-dealkylation sites (N-methyl/N-ethyl adjacent to an activating group) is 2. The third-order valence-corrected chi connectivity index (χ3v) is 5.87. The molecule has 0 unspecified atom stereocenters. The van der Waals surface area contributed by atoms with Gasteiger partial charge in [0, 0.05) is 32.7 Å². The third kappa shape index (κ3) is 3.85. The Hall–Kier alpha value is -1.92. The standard InChI is InChI=1S/C19H26N4OS/c1-5-20-19-21-13(2)17(25-19)18(24)23(4)12-16-10-14-8-6-7-9-15(14)11-22(16)3/h6-9,16H,5,10-12H2,1-4H3,(H,20,21)/t16-/m0/s1. The molecule has 2 aromatic rings. The highest BCUT2D eigenvalue weighted by atomic mass is 32.1. The van der Waals surface area contributed by atoms with Gasteiger partial charge in [0.1, 0.15) is 4.88 Å². The quantitative estimate of drug-likeness (QED) is 0.893. The van der Waals surface area contributed by atoms with Crippen LogP contribution in [0.15, 0.2) is 24.3 Å². The van der Waals surface area contributed by atoms with E-state index in [-0.39, 0.29) is 5.91 Å². The summed E-state index contributed by atoms with van der Waals surface area (Å²) in [6, 6.07) is 8.92. The van der Waals surface area contributed by atoms with Crippen molar-refractivity contribution in [3.8, 4) is 0 Å². The highest BCUT2D eigenvalue weighted by molar-refractivity contribution is 7.17. The molecule has 1 aromatic heterocycles. The first kappa shape index (κ1) is 17.9. The molecule has 1 N–H and O–H groups in total. The highest BCUT2D eigenvalue weighted by Crippen LogP contribution is 2.25. The molecule has 0 saturated carbocycles. The fourth-order valence-electron chi connectivity index (χ4n) is 3.32. The van der Waals surface area contributed by atoms with Gasteiger partial charge < -0.3 is 10.2 Å². The Morgan fingerprint density at radius 2 is 2.12 bits per heavy atom. The van der Waals surface area contributed by atoms with E-state index in [4.69, 9.17) is 0 Å². The number of aromatic nitrogens is 1. The third-order valence-electron chi connectivity index (χ3n) is 4.77. The monoisotopic (exact) mass is 358 g/mol. The fraction of sp³-hybridized carbons (Fsp3) is 0.474. The number of anilines is 1. The number of nitrogens with zero attached hydrogens (tertiary/aromatic N) is 3. The van der Waals surface area contributed by atoms with Crippen molar-refractivity contribution in [1.82, 2.24) is 14.8 Å². The molecule has 1 atom stereocenters. The zero-order valence-corrected chi connectivity index (χ0v) is 16.2. The molecule has 2 heterocycles. The summed E-state index contributed by atoms with van der Waals surface area (Å²) in [5.41, 5.74) is 3.60. The molecule has 134 valence electrons. The molecule has 0 fully saturated rings. The molecule has 1 aliphatic rings. The summed E-state index contributed by atoms with van der Waals surface area (Å²) in [5, 5.41) is 4.01. The topological polar surface area (TPSA) is 48.5 Å². The Labute approximate surface area is 153 Å². The first-order valence-electron chi connectivity index (χ1n) is 8.73. The van der Waals surface area contributed by atoms with Crippen LogP contribution in [0.3, 0.4) is 0 Å². The summed E-state index contributed by atoms with van der Waals surface area (Å²) < 4.78 is 0. The number of hydrogen-bond donors (Lipinski definition) is 1. The number of hydrogen-bond acceptors (Lipinski definition) is 5. The van der Waals surface area contributed by atoms with Gasteiger partial charge in [0.05, 0.1) is 5.69 Å². The van der Waals surface area contributed by atoms with Crippen LogP contribution in [0.2, 0.25) is 0 Å². The van der Waals surface area contributed by atoms with Crippen LogP contribution in [-0.2, 0) is 13.0 Å². The van der Waals surface area contributed by atoms with Gasteiger partial charge in [-0.3, -0.25) is 9.69 Å². The maximum Gasteiger partial charge on any atom is 0.265 e. The average Bonchev–Trinajstić information content (AvgIpc) is 2.95. The van der Waals surface area contributed by atoms with Crippen molar-refractivity contribution in [1.29, 1.82) is 0 Å². The van der Waals surface area contributed by atoms with Gasteiger partial charge in [0.25, 0.3) is 5.91 Å². The highest BCUT2D eigenvalue weighted by Gasteiger charge is 2.27. The molecule has 1 amide bonds. The second-order valence-electron chi connectivity index (χ2n) is 6.69. The number of benzene rings is 1. The van der Waals surface area contributed by atoms with Gasteiger partial charge in [0.15, 0.2) is 5.13 Å². The molecule has 0 aliphatic carbocycles. The summed E-state index contributed by atoms with van der Waals surface area (Å²) in [4.78, 5) is 22.2. The molecule has 25 heavy (non-hydrogen) atoms. The number of thiazole rings is 1. The van der Waals surface area contributed by atoms with E-state index in [1.54, 1.807) is 0 Å². The summed E-state index contributed by atoms with van der Waals surface area (Å²) in [7, 11) is 4.03. The molecule has 0 saturated heterocycles. The summed E-state index contributed by atoms with van der Waals surface area (Å²) >= 11 is 1.44. The maximum atomic E-state index is 12.9. The second kappa shape index (κ2) is 7.54. The smallest absolute Gasteiger partial charge is 0.265 e. The van der Waals surface area contributed by atoms with Gasteiger partial charge >= 0.3 is 0 Å². The maximum absolute atomic E-state index is 12.9. The fourth-order valence-corrected chi connectivity index (χ4v) is 4.35. The van der Waals surface area contributed by atoms with Crippen LogP contribution in [0.1, 0.15) is 33.4 Å². The van der Waals surface area contributed by atoms with Crippen molar-refractivity contribution in [2.75, 3.05) is 32.5 Å². The van der Waals surface area contributed by atoms with Crippen molar-refractivity contribution >= 4 is 22.4 Å². The van der Waals surface area contributed by atoms with E-state index in [1.165, 1.54) is 22.5 Å². The van der Waals surface area contributed by atoms with Crippen molar-refractivity contribution in [3.05, 3.63) is 46.0 Å². The number of carbonyl (C=O) groups excluding carboxylic acids is 1. The van der Waals surface area contributed by atoms with Crippen LogP contribution in [0.4, 0.5) is 5.13 Å². The number of aryl methyl sites for hydroxylation is 1. The van der Waals surface area contributed by atoms with Crippen LogP contribution < -0.4 is 5.32 Å². The molecular formula is C19H26N4OS. The Balaban J connectivity index is 1.69. The molecule has 0 spiro atoms. The number of nitrogens with one attached hydrogen (secondary N) is 1. The predicted molar refractivity (Wildman–Crippen MR) is 103 cm³/mol. The zero-order chi connectivity index (χ0) is 18.0. The Bertz CT molecular complexity index is 758. The van der Waals surface area contributed by atoms with E-state index in [1.807, 2.05) is 25.8 Å². The number of rotatable bonds is 5. The van der Waals surface area contributed by atoms with Crippen LogP contribution in [0.5, 0.6) is 0 Å². The van der Waals surface area contributed by atoms with Gasteiger partial charge in [-0.15, -0.1) is 0 Å². The van der Waals surface area contributed by atoms with Gasteiger partial charge in [-0.1, -0.05) is 35.6 Å². The molecule has 1 aliphatic heterocycles. The zero-order valence-electron chi connectivity index (χ0n) is 15.4. The minimum Gasteiger partial charge on any atom is -0.362 e. The summed E-state index contributed by atoms with van der Waals surface area (Å²) in [5.74, 6) is 0.0615. The average molecular weight is 359 g/mol. The minimum atomic E-state index is 0.0615. The Morgan fingerprint density at radius 3 is 2.84 bits per heavy atom. The predicted octanol–water partition coefficient (Wildman–Crippen LogP) is 3.01. The van der Waals surface area contributed by atoms with Crippen LogP contribution in [0, 0.1) is 6.92 Å². The van der Waals surface area contributed by atoms with Gasteiger partial charge in [-0.2, -0.15) is 0 Å². The molecule has 1 aromatic carbocycles. The van der Waals surface area contributed by atoms with Crippen LogP contribution in [-0.4, -0.2) is 53.9 Å². The molecule has 0 radical (unpaired) electrons. The van der Waals surface area contributed by atoms with E-state index < -0.39 is 0 Å². The van der Waals surface area contributed by atoms with Crippen molar-refractivity contribution < 1.29 is 4.79 Å². The summed E-state index contributed by atoms with van der Waals surface area (Å²) in [6.07, 6.45) is 0.981. The van der Waals surface area contributed by atoms with E-state index in [0.29, 0.717) is 6.04 Å².